The van der Waals surface area contributed by atoms with Crippen molar-refractivity contribution in [2.24, 2.45) is 5.92 Å². The first kappa shape index (κ1) is 21.9. The van der Waals surface area contributed by atoms with Gasteiger partial charge in [0.15, 0.2) is 9.84 Å². The average molecular weight is 389 g/mol. The number of sulfone groups is 1. The highest BCUT2D eigenvalue weighted by Gasteiger charge is 2.30. The van der Waals surface area contributed by atoms with Gasteiger partial charge in [-0.2, -0.15) is 0 Å². The summed E-state index contributed by atoms with van der Waals surface area (Å²) in [4.78, 5) is 14.3. The Morgan fingerprint density at radius 1 is 1.28 bits per heavy atom. The van der Waals surface area contributed by atoms with Gasteiger partial charge in [-0.15, -0.1) is 12.4 Å². The van der Waals surface area contributed by atoms with Crippen LogP contribution >= 0.6 is 12.4 Å². The van der Waals surface area contributed by atoms with Crippen LogP contribution in [0, 0.1) is 5.92 Å². The fraction of sp³-hybridized carbons (Fsp3) is 0.611. The first-order chi connectivity index (χ1) is 11.3. The monoisotopic (exact) mass is 388 g/mol. The summed E-state index contributed by atoms with van der Waals surface area (Å²) in [6, 6.07) is 8.12. The van der Waals surface area contributed by atoms with E-state index in [1.807, 2.05) is 26.0 Å². The Morgan fingerprint density at radius 2 is 1.92 bits per heavy atom. The lowest BCUT2D eigenvalue weighted by Crippen LogP contribution is -2.50. The summed E-state index contributed by atoms with van der Waals surface area (Å²) in [7, 11) is -3.36. The van der Waals surface area contributed by atoms with Gasteiger partial charge in [-0.25, -0.2) is 8.42 Å². The fourth-order valence-electron chi connectivity index (χ4n) is 3.11. The molecule has 0 radical (unpaired) electrons. The molecule has 2 rings (SSSR count). The van der Waals surface area contributed by atoms with Crippen molar-refractivity contribution in [1.29, 1.82) is 0 Å². The summed E-state index contributed by atoms with van der Waals surface area (Å²) in [6.45, 7) is 7.69. The molecule has 1 amide bonds. The lowest BCUT2D eigenvalue weighted by atomic mass is 10.0. The Hall–Kier alpha value is -1.11. The van der Waals surface area contributed by atoms with Crippen molar-refractivity contribution in [3.63, 3.8) is 0 Å². The van der Waals surface area contributed by atoms with Crippen LogP contribution in [0.15, 0.2) is 24.3 Å². The van der Waals surface area contributed by atoms with Crippen LogP contribution < -0.4 is 5.32 Å². The van der Waals surface area contributed by atoms with Crippen LogP contribution in [-0.4, -0.2) is 50.4 Å². The summed E-state index contributed by atoms with van der Waals surface area (Å²) >= 11 is 0. The average Bonchev–Trinajstić information content (AvgIpc) is 2.53. The number of carbonyl (C=O) groups excluding carboxylic acids is 1. The number of halogens is 1. The van der Waals surface area contributed by atoms with E-state index in [9.17, 15) is 13.2 Å². The van der Waals surface area contributed by atoms with Gasteiger partial charge < -0.3 is 10.2 Å². The van der Waals surface area contributed by atoms with Crippen LogP contribution in [0.5, 0.6) is 0 Å². The zero-order valence-corrected chi connectivity index (χ0v) is 16.8. The molecular formula is C18H29ClN2O3S. The predicted molar refractivity (Wildman–Crippen MR) is 104 cm³/mol. The normalized spacial score (nSPS) is 18.1. The first-order valence-corrected chi connectivity index (χ1v) is 10.4. The lowest BCUT2D eigenvalue weighted by Gasteiger charge is -2.36. The van der Waals surface area contributed by atoms with Gasteiger partial charge in [0.1, 0.15) is 5.75 Å². The van der Waals surface area contributed by atoms with Gasteiger partial charge in [-0.3, -0.25) is 4.79 Å². The predicted octanol–water partition coefficient (Wildman–Crippen LogP) is 2.21. The van der Waals surface area contributed by atoms with Crippen molar-refractivity contribution in [2.45, 2.75) is 33.2 Å². The summed E-state index contributed by atoms with van der Waals surface area (Å²) < 4.78 is 24.3. The van der Waals surface area contributed by atoms with Gasteiger partial charge in [0.05, 0.1) is 11.8 Å². The van der Waals surface area contributed by atoms with E-state index in [4.69, 9.17) is 0 Å². The van der Waals surface area contributed by atoms with E-state index in [2.05, 4.69) is 24.4 Å². The van der Waals surface area contributed by atoms with Gasteiger partial charge in [-0.1, -0.05) is 45.0 Å². The summed E-state index contributed by atoms with van der Waals surface area (Å²) in [5.41, 5.74) is 2.30. The maximum Gasteiger partial charge on any atom is 0.238 e. The molecule has 1 aliphatic rings. The Balaban J connectivity index is 0.00000312. The number of nitrogens with zero attached hydrogens (tertiary/aromatic N) is 1. The Labute approximate surface area is 157 Å². The molecule has 1 atom stereocenters. The SMILES string of the molecule is CCc1ccc(C2CNCCN2C(=O)CS(=O)(=O)CC(C)C)cc1.Cl. The number of piperazine rings is 1. The zero-order valence-electron chi connectivity index (χ0n) is 15.2. The van der Waals surface area contributed by atoms with Crippen molar-refractivity contribution in [1.82, 2.24) is 10.2 Å². The van der Waals surface area contributed by atoms with Gasteiger partial charge >= 0.3 is 0 Å². The molecule has 1 saturated heterocycles. The van der Waals surface area contributed by atoms with Crippen molar-refractivity contribution in [3.05, 3.63) is 35.4 Å². The number of benzene rings is 1. The Bertz CT molecular complexity index is 659. The smallest absolute Gasteiger partial charge is 0.238 e. The van der Waals surface area contributed by atoms with E-state index >= 15 is 0 Å². The van der Waals surface area contributed by atoms with E-state index in [1.165, 1.54) is 5.56 Å². The largest absolute Gasteiger partial charge is 0.332 e. The Morgan fingerprint density at radius 3 is 2.48 bits per heavy atom. The third-order valence-corrected chi connectivity index (χ3v) is 6.13. The standard InChI is InChI=1S/C18H28N2O3S.ClH/c1-4-15-5-7-16(8-6-15)17-11-19-9-10-20(17)18(21)13-24(22,23)12-14(2)3;/h5-8,14,17,19H,4,9-13H2,1-3H3;1H. The number of amides is 1. The molecule has 0 aliphatic carbocycles. The van der Waals surface area contributed by atoms with Crippen molar-refractivity contribution in [2.75, 3.05) is 31.1 Å². The molecule has 1 fully saturated rings. The van der Waals surface area contributed by atoms with E-state index in [0.29, 0.717) is 19.6 Å². The highest BCUT2D eigenvalue weighted by atomic mass is 35.5. The number of hydrogen-bond acceptors (Lipinski definition) is 4. The molecule has 5 nitrogen and oxygen atoms in total. The number of hydrogen-bond donors (Lipinski definition) is 1. The first-order valence-electron chi connectivity index (χ1n) is 8.62. The van der Waals surface area contributed by atoms with Crippen molar-refractivity contribution in [3.8, 4) is 0 Å². The molecule has 142 valence electrons. The lowest BCUT2D eigenvalue weighted by molar-refractivity contribution is -0.131. The van der Waals surface area contributed by atoms with Crippen molar-refractivity contribution < 1.29 is 13.2 Å². The maximum absolute atomic E-state index is 12.6. The summed E-state index contributed by atoms with van der Waals surface area (Å²) in [5.74, 6) is -0.597. The molecule has 1 aromatic rings. The maximum atomic E-state index is 12.6. The quantitative estimate of drug-likeness (QED) is 0.811. The molecule has 1 heterocycles. The minimum atomic E-state index is -3.36. The molecule has 1 aromatic carbocycles. The van der Waals surface area contributed by atoms with E-state index in [0.717, 1.165) is 12.0 Å². The third-order valence-electron chi connectivity index (χ3n) is 4.27. The second-order valence-corrected chi connectivity index (χ2v) is 8.96. The molecule has 0 spiro atoms. The molecule has 1 unspecified atom stereocenters. The van der Waals surface area contributed by atoms with Gasteiger partial charge in [0.2, 0.25) is 5.91 Å². The Kier molecular flexibility index (Phi) is 8.38. The molecule has 1 N–H and O–H groups in total. The molecule has 25 heavy (non-hydrogen) atoms. The third kappa shape index (κ3) is 6.28. The minimum absolute atomic E-state index is 0. The number of nitrogens with one attached hydrogen (secondary N) is 1. The second kappa shape index (κ2) is 9.55. The highest BCUT2D eigenvalue weighted by Crippen LogP contribution is 2.23. The van der Waals surface area contributed by atoms with Crippen LogP contribution in [0.25, 0.3) is 0 Å². The molecule has 0 saturated carbocycles. The number of carbonyl (C=O) groups is 1. The molecule has 0 aromatic heterocycles. The van der Waals surface area contributed by atoms with Crippen LogP contribution in [-0.2, 0) is 21.1 Å². The zero-order chi connectivity index (χ0) is 17.7. The van der Waals surface area contributed by atoms with Crippen LogP contribution in [0.3, 0.4) is 0 Å². The van der Waals surface area contributed by atoms with E-state index in [-0.39, 0.29) is 36.0 Å². The van der Waals surface area contributed by atoms with Crippen LogP contribution in [0.4, 0.5) is 0 Å². The van der Waals surface area contributed by atoms with Crippen molar-refractivity contribution >= 4 is 28.2 Å². The van der Waals surface area contributed by atoms with Crippen LogP contribution in [0.1, 0.15) is 37.9 Å². The van der Waals surface area contributed by atoms with E-state index in [1.54, 1.807) is 4.90 Å². The molecule has 0 bridgehead atoms. The topological polar surface area (TPSA) is 66.5 Å². The molecular weight excluding hydrogens is 360 g/mol. The van der Waals surface area contributed by atoms with Crippen LogP contribution in [0.2, 0.25) is 0 Å². The van der Waals surface area contributed by atoms with Gasteiger partial charge in [0, 0.05) is 19.6 Å². The number of aryl methyl sites for hydroxylation is 1. The van der Waals surface area contributed by atoms with Gasteiger partial charge in [-0.05, 0) is 23.5 Å². The number of rotatable bonds is 6. The summed E-state index contributed by atoms with van der Waals surface area (Å²) in [5, 5.41) is 3.30. The van der Waals surface area contributed by atoms with E-state index < -0.39 is 15.6 Å². The summed E-state index contributed by atoms with van der Waals surface area (Å²) in [6.07, 6.45) is 0.972. The highest BCUT2D eigenvalue weighted by molar-refractivity contribution is 7.92. The molecule has 1 aliphatic heterocycles. The fourth-order valence-corrected chi connectivity index (χ4v) is 4.79. The second-order valence-electron chi connectivity index (χ2n) is 6.85. The molecule has 7 heteroatoms. The van der Waals surface area contributed by atoms with Gasteiger partial charge in [0.25, 0.3) is 0 Å². The minimum Gasteiger partial charge on any atom is -0.332 e.